The molecule has 0 aromatic heterocycles. The molecular formula is C36H58O8. The molecule has 0 unspecified atom stereocenters. The van der Waals surface area contributed by atoms with Gasteiger partial charge in [-0.2, -0.15) is 0 Å². The maximum Gasteiger partial charge on any atom is 0.315 e. The van der Waals surface area contributed by atoms with E-state index >= 15 is 0 Å². The molecule has 6 aliphatic rings. The van der Waals surface area contributed by atoms with Crippen LogP contribution in [-0.2, 0) is 14.3 Å². The number of hydrogen-bond donors (Lipinski definition) is 5. The second kappa shape index (κ2) is 10.5. The summed E-state index contributed by atoms with van der Waals surface area (Å²) in [5.41, 5.74) is 0.719. The van der Waals surface area contributed by atoms with Gasteiger partial charge >= 0.3 is 5.97 Å². The van der Waals surface area contributed by atoms with E-state index in [4.69, 9.17) is 9.47 Å². The van der Waals surface area contributed by atoms with Gasteiger partial charge in [0, 0.05) is 0 Å². The van der Waals surface area contributed by atoms with E-state index in [9.17, 15) is 30.3 Å². The molecule has 1 aliphatic heterocycles. The Bertz CT molecular complexity index is 1180. The van der Waals surface area contributed by atoms with Crippen LogP contribution in [0.15, 0.2) is 11.6 Å². The predicted octanol–water partition coefficient (Wildman–Crippen LogP) is 4.49. The Labute approximate surface area is 263 Å². The first-order chi connectivity index (χ1) is 20.4. The van der Waals surface area contributed by atoms with E-state index < -0.39 is 48.7 Å². The molecule has 5 aliphatic carbocycles. The second-order valence-corrected chi connectivity index (χ2v) is 17.8. The van der Waals surface area contributed by atoms with Crippen molar-refractivity contribution in [3.63, 3.8) is 0 Å². The minimum Gasteiger partial charge on any atom is -0.432 e. The van der Waals surface area contributed by atoms with Gasteiger partial charge in [-0.1, -0.05) is 60.1 Å². The molecule has 0 radical (unpaired) electrons. The fraction of sp³-hybridized carbons (Fsp3) is 0.917. The van der Waals surface area contributed by atoms with E-state index in [-0.39, 0.29) is 39.1 Å². The molecule has 4 saturated carbocycles. The van der Waals surface area contributed by atoms with Crippen LogP contribution in [0.2, 0.25) is 0 Å². The molecule has 5 N–H and O–H groups in total. The van der Waals surface area contributed by atoms with Crippen molar-refractivity contribution in [2.24, 2.45) is 50.2 Å². The molecule has 1 heterocycles. The highest BCUT2D eigenvalue weighted by Gasteiger charge is 2.69. The monoisotopic (exact) mass is 618 g/mol. The van der Waals surface area contributed by atoms with E-state index in [2.05, 4.69) is 54.5 Å². The van der Waals surface area contributed by atoms with Crippen molar-refractivity contribution in [2.45, 2.75) is 149 Å². The first-order valence-corrected chi connectivity index (χ1v) is 17.3. The largest absolute Gasteiger partial charge is 0.432 e. The summed E-state index contributed by atoms with van der Waals surface area (Å²) < 4.78 is 11.6. The SMILES string of the molecule is CC1(C)CC[C@]2(C(=O)O[C@@H]3O[C@H](CO)[C@@H](O)[C@H](O)[C@H]3O)CC[C@]3(C)C(=CC[C@@H]4[C@@]5(C)CC[C@H](O)C(C)(C)[C@H]5CC[C@]43C)[C@@H]2C1. The Morgan fingerprint density at radius 2 is 1.55 bits per heavy atom. The number of allylic oxidation sites excluding steroid dienone is 2. The quantitative estimate of drug-likeness (QED) is 0.231. The lowest BCUT2D eigenvalue weighted by molar-refractivity contribution is -0.297. The zero-order valence-electron chi connectivity index (χ0n) is 28.0. The summed E-state index contributed by atoms with van der Waals surface area (Å²) in [6, 6.07) is 0. The lowest BCUT2D eigenvalue weighted by Crippen LogP contribution is -2.65. The lowest BCUT2D eigenvalue weighted by atomic mass is 9.33. The lowest BCUT2D eigenvalue weighted by Gasteiger charge is -2.71. The molecule has 0 aromatic carbocycles. The summed E-state index contributed by atoms with van der Waals surface area (Å²) in [7, 11) is 0. The van der Waals surface area contributed by atoms with Crippen molar-refractivity contribution < 1.29 is 39.8 Å². The third kappa shape index (κ3) is 4.40. The molecule has 250 valence electrons. The number of rotatable bonds is 3. The highest BCUT2D eigenvalue weighted by Crippen LogP contribution is 2.75. The zero-order valence-corrected chi connectivity index (χ0v) is 28.0. The summed E-state index contributed by atoms with van der Waals surface area (Å²) in [4.78, 5) is 14.4. The number of hydrogen-bond acceptors (Lipinski definition) is 8. The van der Waals surface area contributed by atoms with Crippen LogP contribution < -0.4 is 0 Å². The van der Waals surface area contributed by atoms with Crippen LogP contribution in [-0.4, -0.2) is 74.9 Å². The fourth-order valence-electron chi connectivity index (χ4n) is 12.0. The molecule has 6 rings (SSSR count). The Balaban J connectivity index is 1.35. The van der Waals surface area contributed by atoms with Crippen molar-refractivity contribution in [3.8, 4) is 0 Å². The molecule has 44 heavy (non-hydrogen) atoms. The van der Waals surface area contributed by atoms with Crippen molar-refractivity contribution in [1.82, 2.24) is 0 Å². The minimum absolute atomic E-state index is 0.00434. The maximum absolute atomic E-state index is 14.4. The van der Waals surface area contributed by atoms with Crippen LogP contribution in [0.25, 0.3) is 0 Å². The highest BCUT2D eigenvalue weighted by molar-refractivity contribution is 5.79. The summed E-state index contributed by atoms with van der Waals surface area (Å²) in [6.45, 7) is 16.1. The van der Waals surface area contributed by atoms with E-state index in [0.29, 0.717) is 24.7 Å². The van der Waals surface area contributed by atoms with Gasteiger partial charge in [0.25, 0.3) is 0 Å². The standard InChI is InChI=1S/C36H58O8/c1-31(2)14-16-36(30(42)44-29-28(41)27(40)26(39)22(19-37)43-29)17-15-34(6)20(21(36)18-31)8-9-24-33(5)12-11-25(38)32(3,4)23(33)10-13-35(24,34)7/h8,21-29,37-41H,9-19H2,1-7H3/t21-,22+,23+,24+,25-,26+,27-,28+,29-,33-,34+,35+,36-/m0/s1. The first-order valence-electron chi connectivity index (χ1n) is 17.3. The summed E-state index contributed by atoms with van der Waals surface area (Å²) in [6.07, 6.45) is 4.05. The Hall–Kier alpha value is -1.03. The summed E-state index contributed by atoms with van der Waals surface area (Å²) in [5.74, 6) is 0.561. The predicted molar refractivity (Wildman–Crippen MR) is 165 cm³/mol. The Morgan fingerprint density at radius 3 is 2.23 bits per heavy atom. The van der Waals surface area contributed by atoms with E-state index in [0.717, 1.165) is 51.4 Å². The van der Waals surface area contributed by atoms with Gasteiger partial charge in [0.1, 0.15) is 24.4 Å². The van der Waals surface area contributed by atoms with Gasteiger partial charge in [-0.05, 0) is 109 Å². The summed E-state index contributed by atoms with van der Waals surface area (Å²) in [5, 5.41) is 52.0. The number of aliphatic hydroxyl groups is 5. The molecule has 0 spiro atoms. The molecular weight excluding hydrogens is 560 g/mol. The van der Waals surface area contributed by atoms with Crippen LogP contribution in [0.3, 0.4) is 0 Å². The van der Waals surface area contributed by atoms with E-state index in [1.165, 1.54) is 5.57 Å². The smallest absolute Gasteiger partial charge is 0.315 e. The number of aliphatic hydroxyl groups excluding tert-OH is 5. The average Bonchev–Trinajstić information content (AvgIpc) is 2.95. The number of fused-ring (bicyclic) bond motifs is 7. The van der Waals surface area contributed by atoms with Crippen molar-refractivity contribution >= 4 is 5.97 Å². The second-order valence-electron chi connectivity index (χ2n) is 17.8. The highest BCUT2D eigenvalue weighted by atomic mass is 16.7. The first kappa shape index (κ1) is 32.9. The molecule has 8 heteroatoms. The van der Waals surface area contributed by atoms with Crippen LogP contribution in [0.5, 0.6) is 0 Å². The van der Waals surface area contributed by atoms with Crippen molar-refractivity contribution in [2.75, 3.05) is 6.61 Å². The van der Waals surface area contributed by atoms with Crippen molar-refractivity contribution in [3.05, 3.63) is 11.6 Å². The Kier molecular flexibility index (Phi) is 7.84. The van der Waals surface area contributed by atoms with Crippen molar-refractivity contribution in [1.29, 1.82) is 0 Å². The number of carbonyl (C=O) groups excluding carboxylic acids is 1. The molecule has 0 aromatic rings. The minimum atomic E-state index is -1.61. The third-order valence-electron chi connectivity index (χ3n) is 15.1. The third-order valence-corrected chi connectivity index (χ3v) is 15.1. The molecule has 8 nitrogen and oxygen atoms in total. The van der Waals surface area contributed by atoms with Crippen LogP contribution >= 0.6 is 0 Å². The van der Waals surface area contributed by atoms with Gasteiger partial charge in [-0.15, -0.1) is 0 Å². The topological polar surface area (TPSA) is 137 Å². The molecule has 1 saturated heterocycles. The number of esters is 1. The van der Waals surface area contributed by atoms with Gasteiger partial charge in [0.2, 0.25) is 6.29 Å². The molecule has 0 bridgehead atoms. The van der Waals surface area contributed by atoms with Gasteiger partial charge in [-0.25, -0.2) is 0 Å². The summed E-state index contributed by atoms with van der Waals surface area (Å²) >= 11 is 0. The van der Waals surface area contributed by atoms with Crippen LogP contribution in [0.1, 0.15) is 113 Å². The average molecular weight is 619 g/mol. The van der Waals surface area contributed by atoms with E-state index in [1.54, 1.807) is 0 Å². The van der Waals surface area contributed by atoms with Gasteiger partial charge < -0.3 is 35.0 Å². The number of carbonyl (C=O) groups is 1. The zero-order chi connectivity index (χ0) is 32.3. The van der Waals surface area contributed by atoms with Crippen LogP contribution in [0, 0.1) is 50.2 Å². The molecule has 5 fully saturated rings. The number of ether oxygens (including phenoxy) is 2. The van der Waals surface area contributed by atoms with Crippen LogP contribution in [0.4, 0.5) is 0 Å². The Morgan fingerprint density at radius 1 is 0.864 bits per heavy atom. The van der Waals surface area contributed by atoms with Gasteiger partial charge in [-0.3, -0.25) is 4.79 Å². The van der Waals surface area contributed by atoms with E-state index in [1.807, 2.05) is 0 Å². The van der Waals surface area contributed by atoms with Gasteiger partial charge in [0.05, 0.1) is 18.1 Å². The normalized spacial score (nSPS) is 52.8. The fourth-order valence-corrected chi connectivity index (χ4v) is 12.0. The molecule has 0 amide bonds. The maximum atomic E-state index is 14.4. The molecule has 13 atom stereocenters. The van der Waals surface area contributed by atoms with Gasteiger partial charge in [0.15, 0.2) is 0 Å².